The molecule has 11 heteroatoms. The monoisotopic (exact) mass is 539 g/mol. The number of thiazole rings is 1. The fourth-order valence-corrected chi connectivity index (χ4v) is 5.36. The number of hydrogen-bond acceptors (Lipinski definition) is 7. The number of rotatable bonds is 8. The second kappa shape index (κ2) is 10.7. The van der Waals surface area contributed by atoms with Crippen LogP contribution < -0.4 is 5.32 Å². The summed E-state index contributed by atoms with van der Waals surface area (Å²) in [5.41, 5.74) is 2.99. The average Bonchev–Trinajstić information content (AvgIpc) is 3.64. The van der Waals surface area contributed by atoms with Gasteiger partial charge in [0.25, 0.3) is 5.91 Å². The van der Waals surface area contributed by atoms with Crippen molar-refractivity contribution in [2.24, 2.45) is 0 Å². The number of aromatic nitrogens is 4. The number of aryl methyl sites for hydroxylation is 1. The van der Waals surface area contributed by atoms with Crippen LogP contribution in [0.25, 0.3) is 17.3 Å². The third kappa shape index (κ3) is 5.35. The summed E-state index contributed by atoms with van der Waals surface area (Å²) in [6.45, 7) is 2.28. The predicted molar refractivity (Wildman–Crippen MR) is 138 cm³/mol. The first-order valence-corrected chi connectivity index (χ1v) is 13.1. The van der Waals surface area contributed by atoms with E-state index >= 15 is 0 Å². The summed E-state index contributed by atoms with van der Waals surface area (Å²) < 4.78 is 20.6. The molecule has 0 fully saturated rings. The molecule has 5 rings (SSSR count). The SMILES string of the molecule is Cc1ccc(Cl)cc1-n1c(SCc2nc(C(=O)NCc3ccc(F)cc3)cs2)nnc1-c1ccco1. The van der Waals surface area contributed by atoms with Gasteiger partial charge in [0.15, 0.2) is 10.9 Å². The number of thioether (sulfide) groups is 1. The Morgan fingerprint density at radius 2 is 2.03 bits per heavy atom. The number of benzene rings is 2. The van der Waals surface area contributed by atoms with E-state index in [1.165, 1.54) is 35.2 Å². The normalized spacial score (nSPS) is 11.1. The maximum atomic E-state index is 13.1. The highest BCUT2D eigenvalue weighted by Gasteiger charge is 2.20. The van der Waals surface area contributed by atoms with E-state index in [9.17, 15) is 9.18 Å². The molecule has 0 aliphatic carbocycles. The largest absolute Gasteiger partial charge is 0.461 e. The molecule has 0 saturated carbocycles. The Morgan fingerprint density at radius 3 is 2.81 bits per heavy atom. The Hall–Kier alpha value is -3.47. The molecule has 0 spiro atoms. The summed E-state index contributed by atoms with van der Waals surface area (Å²) in [4.78, 5) is 17.0. The lowest BCUT2D eigenvalue weighted by molar-refractivity contribution is 0.0946. The van der Waals surface area contributed by atoms with E-state index in [-0.39, 0.29) is 11.7 Å². The van der Waals surface area contributed by atoms with Crippen LogP contribution in [0.5, 0.6) is 0 Å². The molecule has 36 heavy (non-hydrogen) atoms. The van der Waals surface area contributed by atoms with Gasteiger partial charge in [-0.3, -0.25) is 9.36 Å². The molecule has 2 aromatic carbocycles. The van der Waals surface area contributed by atoms with E-state index < -0.39 is 0 Å². The first-order chi connectivity index (χ1) is 17.5. The highest BCUT2D eigenvalue weighted by Crippen LogP contribution is 2.32. The molecule has 7 nitrogen and oxygen atoms in total. The van der Waals surface area contributed by atoms with Crippen molar-refractivity contribution >= 4 is 40.6 Å². The quantitative estimate of drug-likeness (QED) is 0.233. The van der Waals surface area contributed by atoms with Gasteiger partial charge < -0.3 is 9.73 Å². The Balaban J connectivity index is 1.32. The Labute approximate surface area is 219 Å². The average molecular weight is 540 g/mol. The van der Waals surface area contributed by atoms with Crippen LogP contribution in [0, 0.1) is 12.7 Å². The summed E-state index contributed by atoms with van der Waals surface area (Å²) >= 11 is 9.14. The number of furan rings is 1. The van der Waals surface area contributed by atoms with Gasteiger partial charge >= 0.3 is 0 Å². The molecular formula is C25H19ClFN5O2S2. The first kappa shape index (κ1) is 24.2. The van der Waals surface area contributed by atoms with E-state index in [1.807, 2.05) is 35.8 Å². The number of amides is 1. The highest BCUT2D eigenvalue weighted by atomic mass is 35.5. The van der Waals surface area contributed by atoms with E-state index in [2.05, 4.69) is 20.5 Å². The smallest absolute Gasteiger partial charge is 0.271 e. The maximum absolute atomic E-state index is 13.1. The Bertz CT molecular complexity index is 1500. The van der Waals surface area contributed by atoms with E-state index in [4.69, 9.17) is 16.0 Å². The Kier molecular flexibility index (Phi) is 7.17. The van der Waals surface area contributed by atoms with Gasteiger partial charge in [0.05, 0.1) is 17.7 Å². The molecule has 1 amide bonds. The number of halogens is 2. The van der Waals surface area contributed by atoms with Gasteiger partial charge in [0.2, 0.25) is 5.82 Å². The van der Waals surface area contributed by atoms with Crippen molar-refractivity contribution in [3.63, 3.8) is 0 Å². The van der Waals surface area contributed by atoms with Crippen LogP contribution in [0.15, 0.2) is 75.8 Å². The van der Waals surface area contributed by atoms with Crippen molar-refractivity contribution in [3.8, 4) is 17.3 Å². The van der Waals surface area contributed by atoms with Crippen LogP contribution in [0.2, 0.25) is 5.02 Å². The molecule has 0 radical (unpaired) electrons. The van der Waals surface area contributed by atoms with Gasteiger partial charge in [-0.15, -0.1) is 21.5 Å². The molecule has 0 aliphatic heterocycles. The molecule has 0 unspecified atom stereocenters. The first-order valence-electron chi connectivity index (χ1n) is 10.8. The van der Waals surface area contributed by atoms with Gasteiger partial charge in [0.1, 0.15) is 16.5 Å². The van der Waals surface area contributed by atoms with E-state index in [0.29, 0.717) is 39.8 Å². The Morgan fingerprint density at radius 1 is 1.19 bits per heavy atom. The molecule has 0 aliphatic rings. The summed E-state index contributed by atoms with van der Waals surface area (Å²) in [5, 5.41) is 15.3. The maximum Gasteiger partial charge on any atom is 0.271 e. The lowest BCUT2D eigenvalue weighted by Gasteiger charge is -2.12. The zero-order valence-corrected chi connectivity index (χ0v) is 21.3. The summed E-state index contributed by atoms with van der Waals surface area (Å²) in [7, 11) is 0. The van der Waals surface area contributed by atoms with Gasteiger partial charge in [0, 0.05) is 16.9 Å². The minimum Gasteiger partial charge on any atom is -0.461 e. The van der Waals surface area contributed by atoms with E-state index in [0.717, 1.165) is 21.8 Å². The standard InChI is InChI=1S/C25H19ClFN5O2S2/c1-15-4-7-17(26)11-20(15)32-23(21-3-2-10-34-21)30-31-25(32)36-14-22-29-19(13-35-22)24(33)28-12-16-5-8-18(27)9-6-16/h2-11,13H,12,14H2,1H3,(H,28,33). The van der Waals surface area contributed by atoms with Crippen molar-refractivity contribution in [2.45, 2.75) is 24.4 Å². The minimum absolute atomic E-state index is 0.287. The predicted octanol–water partition coefficient (Wildman–Crippen LogP) is 6.31. The second-order valence-corrected chi connectivity index (χ2v) is 10.1. The topological polar surface area (TPSA) is 85.8 Å². The van der Waals surface area contributed by atoms with E-state index in [1.54, 1.807) is 29.8 Å². The third-order valence-corrected chi connectivity index (χ3v) is 7.47. The summed E-state index contributed by atoms with van der Waals surface area (Å²) in [6, 6.07) is 15.3. The number of carbonyl (C=O) groups excluding carboxylic acids is 1. The lowest BCUT2D eigenvalue weighted by Crippen LogP contribution is -2.23. The number of carbonyl (C=O) groups is 1. The van der Waals surface area contributed by atoms with Gasteiger partial charge in [-0.05, 0) is 54.4 Å². The summed E-state index contributed by atoms with van der Waals surface area (Å²) in [6.07, 6.45) is 1.59. The number of nitrogens with one attached hydrogen (secondary N) is 1. The van der Waals surface area contributed by atoms with Crippen LogP contribution in [-0.2, 0) is 12.3 Å². The molecule has 0 atom stereocenters. The molecule has 0 bridgehead atoms. The van der Waals surface area contributed by atoms with Gasteiger partial charge in [-0.2, -0.15) is 0 Å². The van der Waals surface area contributed by atoms with Crippen molar-refractivity contribution in [1.82, 2.24) is 25.1 Å². The molecule has 1 N–H and O–H groups in total. The van der Waals surface area contributed by atoms with Crippen LogP contribution >= 0.6 is 34.7 Å². The van der Waals surface area contributed by atoms with Crippen molar-refractivity contribution in [2.75, 3.05) is 0 Å². The van der Waals surface area contributed by atoms with Crippen molar-refractivity contribution < 1.29 is 13.6 Å². The zero-order chi connectivity index (χ0) is 25.1. The lowest BCUT2D eigenvalue weighted by atomic mass is 10.2. The third-order valence-electron chi connectivity index (χ3n) is 5.26. The molecule has 3 aromatic heterocycles. The fraction of sp³-hybridized carbons (Fsp3) is 0.120. The number of nitrogens with zero attached hydrogens (tertiary/aromatic N) is 4. The molecule has 182 valence electrons. The number of hydrogen-bond donors (Lipinski definition) is 1. The minimum atomic E-state index is -0.315. The molecule has 3 heterocycles. The summed E-state index contributed by atoms with van der Waals surface area (Å²) in [5.74, 6) is 1.04. The van der Waals surface area contributed by atoms with Crippen LogP contribution in [-0.4, -0.2) is 25.7 Å². The second-order valence-electron chi connectivity index (χ2n) is 7.77. The van der Waals surface area contributed by atoms with Crippen molar-refractivity contribution in [3.05, 3.63) is 98.9 Å². The van der Waals surface area contributed by atoms with Crippen LogP contribution in [0.3, 0.4) is 0 Å². The van der Waals surface area contributed by atoms with Crippen LogP contribution in [0.1, 0.15) is 26.6 Å². The zero-order valence-electron chi connectivity index (χ0n) is 18.9. The van der Waals surface area contributed by atoms with Crippen molar-refractivity contribution in [1.29, 1.82) is 0 Å². The van der Waals surface area contributed by atoms with Gasteiger partial charge in [-0.25, -0.2) is 9.37 Å². The van der Waals surface area contributed by atoms with Gasteiger partial charge in [-0.1, -0.05) is 41.6 Å². The molecule has 5 aromatic rings. The molecular weight excluding hydrogens is 521 g/mol. The van der Waals surface area contributed by atoms with Crippen LogP contribution in [0.4, 0.5) is 4.39 Å². The fourth-order valence-electron chi connectivity index (χ4n) is 3.45. The molecule has 0 saturated heterocycles. The highest BCUT2D eigenvalue weighted by molar-refractivity contribution is 7.98.